The third kappa shape index (κ3) is 75.2. The zero-order valence-corrected chi connectivity index (χ0v) is 15.2. The molecule has 0 aliphatic rings. The van der Waals surface area contributed by atoms with Gasteiger partial charge in [-0.15, -0.1) is 0 Å². The van der Waals surface area contributed by atoms with Crippen LogP contribution in [0.5, 0.6) is 0 Å². The maximum Gasteiger partial charge on any atom is 1.00 e. The van der Waals surface area contributed by atoms with Crippen molar-refractivity contribution in [3.63, 3.8) is 0 Å². The predicted molar refractivity (Wildman–Crippen MR) is 17.1 cm³/mol. The summed E-state index contributed by atoms with van der Waals surface area (Å²) in [5.74, 6) is 0. The summed E-state index contributed by atoms with van der Waals surface area (Å²) in [4.78, 5) is 0. The van der Waals surface area contributed by atoms with E-state index >= 15 is 0 Å². The largest absolute Gasteiger partial charge is 1.00 e. The van der Waals surface area contributed by atoms with E-state index in [1.807, 2.05) is 0 Å². The van der Waals surface area contributed by atoms with Gasteiger partial charge in [0.2, 0.25) is 0 Å². The second kappa shape index (κ2) is 14.5. The molecule has 0 aliphatic heterocycles. The van der Waals surface area contributed by atoms with Crippen LogP contribution in [0.2, 0.25) is 0 Å². The van der Waals surface area contributed by atoms with Crippen LogP contribution in [-0.4, -0.2) is 13.0 Å². The first-order valence-corrected chi connectivity index (χ1v) is 3.00. The van der Waals surface area contributed by atoms with Crippen LogP contribution in [0.25, 0.3) is 0 Å². The molecule has 0 heterocycles. The first-order valence-electron chi connectivity index (χ1n) is 0.667. The van der Waals surface area contributed by atoms with Crippen LogP contribution in [0.1, 0.15) is 0 Å². The molecule has 0 aromatic rings. The summed E-state index contributed by atoms with van der Waals surface area (Å²) in [7, 11) is -4.33. The molecule has 9 heteroatoms. The van der Waals surface area contributed by atoms with E-state index in [1.165, 1.54) is 0 Å². The van der Waals surface area contributed by atoms with Gasteiger partial charge in [0.1, 0.15) is 0 Å². The summed E-state index contributed by atoms with van der Waals surface area (Å²) in [6.45, 7) is 0. The summed E-state index contributed by atoms with van der Waals surface area (Å²) >= 11 is 3.24. The quantitative estimate of drug-likeness (QED) is 0.147. The molecule has 3 nitrogen and oxygen atoms in total. The molecule has 0 spiro atoms. The molecule has 0 bridgehead atoms. The Bertz CT molecular complexity index is 100. The Balaban J connectivity index is -0.0000000133. The van der Waals surface area contributed by atoms with Gasteiger partial charge in [0, 0.05) is 0 Å². The van der Waals surface area contributed by atoms with Crippen LogP contribution in [0, 0.1) is 0 Å². The predicted octanol–water partition coefficient (Wildman–Crippen LogP) is -13.0. The third-order valence-electron chi connectivity index (χ3n) is 0. The molecule has 0 aromatic carbocycles. The van der Waals surface area contributed by atoms with Gasteiger partial charge in [0.15, 0.2) is 0 Å². The van der Waals surface area contributed by atoms with Crippen molar-refractivity contribution in [1.82, 2.24) is 0 Å². The van der Waals surface area contributed by atoms with E-state index < -0.39 is 9.15 Å². The average molecular weight is 308 g/mol. The van der Waals surface area contributed by atoms with E-state index in [0.29, 0.717) is 0 Å². The fraction of sp³-hybridized carbons (Fsp3) is 0. The molecule has 40 valence electrons. The number of hydrogen-bond donors (Lipinski definition) is 0. The summed E-state index contributed by atoms with van der Waals surface area (Å²) < 4.78 is 26.7. The van der Waals surface area contributed by atoms with Crippen molar-refractivity contribution in [2.24, 2.45) is 0 Å². The Morgan fingerprint density at radius 3 is 1.11 bits per heavy atom. The molecule has 0 saturated heterocycles. The van der Waals surface area contributed by atoms with Crippen molar-refractivity contribution in [2.45, 2.75) is 0 Å². The fourth-order valence-electron chi connectivity index (χ4n) is 0. The zero-order valence-electron chi connectivity index (χ0n) is 5.42. The molecular formula is INa3O3S2. The second-order valence-corrected chi connectivity index (χ2v) is 2.45. The van der Waals surface area contributed by atoms with Gasteiger partial charge in [-0.2, -0.15) is 0 Å². The van der Waals surface area contributed by atoms with Crippen LogP contribution in [0.4, 0.5) is 0 Å². The van der Waals surface area contributed by atoms with Crippen LogP contribution in [0.15, 0.2) is 0 Å². The molecule has 0 aliphatic carbocycles. The van der Waals surface area contributed by atoms with E-state index in [9.17, 15) is 0 Å². The Kier molecular flexibility index (Phi) is 47.2. The smallest absolute Gasteiger partial charge is 1.00 e. The van der Waals surface area contributed by atoms with Crippen molar-refractivity contribution in [3.8, 4) is 0 Å². The minimum atomic E-state index is -4.33. The normalized spacial score (nSPS) is 6.44. The number of halogens is 1. The van der Waals surface area contributed by atoms with E-state index in [2.05, 4.69) is 11.7 Å². The van der Waals surface area contributed by atoms with Crippen LogP contribution in [0.3, 0.4) is 0 Å². The Morgan fingerprint density at radius 2 is 1.11 bits per heavy atom. The maximum absolute atomic E-state index is 8.89. The molecule has 0 fully saturated rings. The monoisotopic (exact) mass is 308 g/mol. The molecule has 0 unspecified atom stereocenters. The minimum Gasteiger partial charge on any atom is -1.00 e. The Labute approximate surface area is 143 Å². The standard InChI is InChI=1S/HI.3Na.H2O3S2/c;;;;1-5(2,3)4/h1H;;;;(H2,1,2,3,4)/q;3*+1;/p-3. The molecule has 0 rings (SSSR count). The van der Waals surface area contributed by atoms with Crippen LogP contribution >= 0.6 is 0 Å². The van der Waals surface area contributed by atoms with Gasteiger partial charge in [0.25, 0.3) is 0 Å². The molecule has 0 saturated carbocycles. The van der Waals surface area contributed by atoms with Gasteiger partial charge in [-0.05, 0) is 9.15 Å². The summed E-state index contributed by atoms with van der Waals surface area (Å²) in [6.07, 6.45) is 0. The molecule has 0 radical (unpaired) electrons. The van der Waals surface area contributed by atoms with Gasteiger partial charge >= 0.3 is 88.7 Å². The summed E-state index contributed by atoms with van der Waals surface area (Å²) in [5, 5.41) is 0. The molecule has 0 atom stereocenters. The maximum atomic E-state index is 8.89. The van der Waals surface area contributed by atoms with E-state index in [0.717, 1.165) is 0 Å². The first-order chi connectivity index (χ1) is 2.00. The van der Waals surface area contributed by atoms with Gasteiger partial charge in [0.05, 0.1) is 0 Å². The van der Waals surface area contributed by atoms with E-state index in [4.69, 9.17) is 13.0 Å². The molecular weight excluding hydrogens is 308 g/mol. The van der Waals surface area contributed by atoms with Crippen molar-refractivity contribution >= 4 is 20.8 Å². The minimum absolute atomic E-state index is 0. The van der Waals surface area contributed by atoms with Gasteiger partial charge in [-0.3, -0.25) is 8.42 Å². The topological polar surface area (TPSA) is 57.2 Å². The number of hydrogen-bond acceptors (Lipinski definition) is 4. The van der Waals surface area contributed by atoms with Gasteiger partial charge < -0.3 is 40.2 Å². The van der Waals surface area contributed by atoms with Gasteiger partial charge in [-0.25, -0.2) is 0 Å². The molecule has 0 amide bonds. The molecule has 9 heavy (non-hydrogen) atoms. The summed E-state index contributed by atoms with van der Waals surface area (Å²) in [6, 6.07) is 0. The van der Waals surface area contributed by atoms with Crippen molar-refractivity contribution in [1.29, 1.82) is 0 Å². The first kappa shape index (κ1) is 29.3. The average Bonchev–Trinajstić information content (AvgIpc) is 0.722. The molecule has 0 N–H and O–H groups in total. The Hall–Kier alpha value is 3.99. The SMILES string of the molecule is O=S(=O)([O-])[S-].[I-].[Na+].[Na+].[Na+]. The van der Waals surface area contributed by atoms with Crippen LogP contribution in [-0.2, 0) is 20.8 Å². The van der Waals surface area contributed by atoms with Crippen molar-refractivity contribution in [3.05, 3.63) is 0 Å². The van der Waals surface area contributed by atoms with Gasteiger partial charge in [-0.1, -0.05) is 0 Å². The van der Waals surface area contributed by atoms with Crippen molar-refractivity contribution < 1.29 is 126 Å². The van der Waals surface area contributed by atoms with Crippen molar-refractivity contribution in [2.75, 3.05) is 0 Å². The van der Waals surface area contributed by atoms with Crippen LogP contribution < -0.4 is 113 Å². The fourth-order valence-corrected chi connectivity index (χ4v) is 0. The molecule has 0 aromatic heterocycles. The third-order valence-corrected chi connectivity index (χ3v) is 0. The van der Waals surface area contributed by atoms with E-state index in [-0.39, 0.29) is 113 Å². The second-order valence-electron chi connectivity index (χ2n) is 0.408. The zero-order chi connectivity index (χ0) is 4.50. The van der Waals surface area contributed by atoms with E-state index in [1.54, 1.807) is 0 Å². The number of rotatable bonds is 0. The summed E-state index contributed by atoms with van der Waals surface area (Å²) in [5.41, 5.74) is 0. The Morgan fingerprint density at radius 1 is 1.11 bits per heavy atom.